The number of nitrogens with one attached hydrogen (secondary N) is 2. The van der Waals surface area contributed by atoms with E-state index in [-0.39, 0.29) is 16.7 Å². The number of rotatable bonds is 3. The van der Waals surface area contributed by atoms with Gasteiger partial charge in [-0.2, -0.15) is 5.10 Å². The maximum Gasteiger partial charge on any atom is 0.276 e. The zero-order valence-electron chi connectivity index (χ0n) is 14.0. The Morgan fingerprint density at radius 1 is 1.26 bits per heavy atom. The van der Waals surface area contributed by atoms with Crippen molar-refractivity contribution in [2.75, 3.05) is 12.4 Å². The largest absolute Gasteiger partial charge is 0.494 e. The Bertz CT molecular complexity index is 768. The molecule has 2 rings (SSSR count). The van der Waals surface area contributed by atoms with Gasteiger partial charge in [0.1, 0.15) is 11.4 Å². The van der Waals surface area contributed by atoms with Crippen LogP contribution in [0, 0.1) is 6.92 Å². The molecule has 122 valence electrons. The summed E-state index contributed by atoms with van der Waals surface area (Å²) in [4.78, 5) is 23.3. The minimum absolute atomic E-state index is 0.130. The average molecular weight is 315 g/mol. The molecule has 0 spiro atoms. The van der Waals surface area contributed by atoms with Crippen LogP contribution in [0.15, 0.2) is 29.1 Å². The zero-order chi connectivity index (χ0) is 17.2. The number of aromatic amines is 1. The second-order valence-electron chi connectivity index (χ2n) is 6.40. The van der Waals surface area contributed by atoms with Crippen LogP contribution in [-0.4, -0.2) is 23.2 Å². The van der Waals surface area contributed by atoms with E-state index in [1.54, 1.807) is 7.11 Å². The smallest absolute Gasteiger partial charge is 0.276 e. The minimum Gasteiger partial charge on any atom is -0.494 e. The van der Waals surface area contributed by atoms with E-state index in [0.717, 1.165) is 11.1 Å². The van der Waals surface area contributed by atoms with Crippen LogP contribution >= 0.6 is 0 Å². The van der Waals surface area contributed by atoms with Gasteiger partial charge in [-0.15, -0.1) is 0 Å². The number of ether oxygens (including phenoxy) is 1. The Balaban J connectivity index is 2.43. The summed E-state index contributed by atoms with van der Waals surface area (Å²) in [6.45, 7) is 8.21. The standard InChI is InChI=1S/C17H21N3O3/c1-10-8-11(17(2,3)4)15(23-5)13(9-10)18-16(22)12-6-7-14(21)20-19-12/h6-9H,1-5H3,(H,18,22)(H,20,21). The Labute approximate surface area is 134 Å². The molecule has 6 heteroatoms. The van der Waals surface area contributed by atoms with Crippen LogP contribution in [0.1, 0.15) is 42.4 Å². The molecule has 23 heavy (non-hydrogen) atoms. The maximum absolute atomic E-state index is 12.3. The van der Waals surface area contributed by atoms with Gasteiger partial charge < -0.3 is 10.1 Å². The van der Waals surface area contributed by atoms with Gasteiger partial charge in [-0.1, -0.05) is 26.8 Å². The van der Waals surface area contributed by atoms with Crippen molar-refractivity contribution >= 4 is 11.6 Å². The minimum atomic E-state index is -0.412. The number of hydrogen-bond donors (Lipinski definition) is 2. The molecule has 0 bridgehead atoms. The third-order valence-electron chi connectivity index (χ3n) is 3.41. The molecule has 1 amide bonds. The first kappa shape index (κ1) is 16.7. The first-order chi connectivity index (χ1) is 10.7. The van der Waals surface area contributed by atoms with Gasteiger partial charge >= 0.3 is 0 Å². The molecule has 1 aromatic heterocycles. The quantitative estimate of drug-likeness (QED) is 0.912. The van der Waals surface area contributed by atoms with Crippen molar-refractivity contribution in [2.45, 2.75) is 33.1 Å². The summed E-state index contributed by atoms with van der Waals surface area (Å²) in [5.41, 5.74) is 2.24. The Morgan fingerprint density at radius 3 is 2.48 bits per heavy atom. The Morgan fingerprint density at radius 2 is 1.96 bits per heavy atom. The maximum atomic E-state index is 12.3. The topological polar surface area (TPSA) is 84.1 Å². The number of carbonyl (C=O) groups is 1. The molecule has 0 unspecified atom stereocenters. The molecule has 0 radical (unpaired) electrons. The third kappa shape index (κ3) is 3.77. The predicted octanol–water partition coefficient (Wildman–Crippen LogP) is 2.64. The predicted molar refractivity (Wildman–Crippen MR) is 89.2 cm³/mol. The lowest BCUT2D eigenvalue weighted by Gasteiger charge is -2.24. The summed E-state index contributed by atoms with van der Waals surface area (Å²) in [6, 6.07) is 6.53. The van der Waals surface area contributed by atoms with Crippen LogP contribution in [0.5, 0.6) is 5.75 Å². The number of aromatic nitrogens is 2. The van der Waals surface area contributed by atoms with E-state index >= 15 is 0 Å². The molecule has 1 aromatic carbocycles. The SMILES string of the molecule is COc1c(NC(=O)c2ccc(=O)[nH]n2)cc(C)cc1C(C)(C)C. The summed E-state index contributed by atoms with van der Waals surface area (Å²) in [5.74, 6) is 0.214. The molecule has 0 aliphatic heterocycles. The van der Waals surface area contributed by atoms with Gasteiger partial charge in [0.05, 0.1) is 12.8 Å². The third-order valence-corrected chi connectivity index (χ3v) is 3.41. The molecule has 0 saturated carbocycles. The summed E-state index contributed by atoms with van der Waals surface area (Å²) >= 11 is 0. The number of H-pyrrole nitrogens is 1. The monoisotopic (exact) mass is 315 g/mol. The van der Waals surface area contributed by atoms with E-state index in [0.29, 0.717) is 11.4 Å². The van der Waals surface area contributed by atoms with Gasteiger partial charge in [-0.05, 0) is 30.0 Å². The molecule has 0 aliphatic carbocycles. The highest BCUT2D eigenvalue weighted by Crippen LogP contribution is 2.38. The van der Waals surface area contributed by atoms with E-state index in [1.165, 1.54) is 12.1 Å². The van der Waals surface area contributed by atoms with Crippen molar-refractivity contribution in [1.82, 2.24) is 10.2 Å². The molecule has 6 nitrogen and oxygen atoms in total. The van der Waals surface area contributed by atoms with Crippen LogP contribution in [0.25, 0.3) is 0 Å². The highest BCUT2D eigenvalue weighted by molar-refractivity contribution is 6.03. The first-order valence-electron chi connectivity index (χ1n) is 7.28. The molecule has 2 aromatic rings. The molecule has 0 aliphatic rings. The van der Waals surface area contributed by atoms with Gasteiger partial charge in [-0.25, -0.2) is 5.10 Å². The van der Waals surface area contributed by atoms with Crippen LogP contribution in [0.2, 0.25) is 0 Å². The molecule has 1 heterocycles. The Hall–Kier alpha value is -2.63. The molecule has 0 fully saturated rings. The van der Waals surface area contributed by atoms with E-state index in [2.05, 4.69) is 36.3 Å². The summed E-state index contributed by atoms with van der Waals surface area (Å²) < 4.78 is 5.52. The van der Waals surface area contributed by atoms with Gasteiger partial charge in [0.2, 0.25) is 0 Å². The molecular formula is C17H21N3O3. The number of nitrogens with zero attached hydrogens (tertiary/aromatic N) is 1. The van der Waals surface area contributed by atoms with Crippen LogP contribution in [0.3, 0.4) is 0 Å². The fraction of sp³-hybridized carbons (Fsp3) is 0.353. The molecule has 0 saturated heterocycles. The van der Waals surface area contributed by atoms with Crippen LogP contribution < -0.4 is 15.6 Å². The highest BCUT2D eigenvalue weighted by Gasteiger charge is 2.23. The van der Waals surface area contributed by atoms with Crippen molar-refractivity contribution < 1.29 is 9.53 Å². The fourth-order valence-corrected chi connectivity index (χ4v) is 2.30. The van der Waals surface area contributed by atoms with Crippen molar-refractivity contribution in [1.29, 1.82) is 0 Å². The number of anilines is 1. The van der Waals surface area contributed by atoms with Gasteiger partial charge in [0.25, 0.3) is 11.5 Å². The second-order valence-corrected chi connectivity index (χ2v) is 6.40. The van der Waals surface area contributed by atoms with E-state index in [9.17, 15) is 9.59 Å². The molecule has 0 atom stereocenters. The first-order valence-corrected chi connectivity index (χ1v) is 7.28. The van der Waals surface area contributed by atoms with Crippen molar-refractivity contribution in [3.8, 4) is 5.75 Å². The van der Waals surface area contributed by atoms with Crippen LogP contribution in [0.4, 0.5) is 5.69 Å². The van der Waals surface area contributed by atoms with E-state index in [4.69, 9.17) is 4.74 Å². The van der Waals surface area contributed by atoms with Gasteiger partial charge in [0, 0.05) is 11.6 Å². The van der Waals surface area contributed by atoms with E-state index < -0.39 is 5.91 Å². The lowest BCUT2D eigenvalue weighted by molar-refractivity contribution is 0.102. The van der Waals surface area contributed by atoms with E-state index in [1.807, 2.05) is 19.1 Å². The number of carbonyl (C=O) groups excluding carboxylic acids is 1. The number of hydrogen-bond acceptors (Lipinski definition) is 4. The number of aryl methyl sites for hydroxylation is 1. The van der Waals surface area contributed by atoms with Gasteiger partial charge in [-0.3, -0.25) is 9.59 Å². The van der Waals surface area contributed by atoms with Crippen LogP contribution in [-0.2, 0) is 5.41 Å². The highest BCUT2D eigenvalue weighted by atomic mass is 16.5. The lowest BCUT2D eigenvalue weighted by atomic mass is 9.85. The number of amides is 1. The summed E-state index contributed by atoms with van der Waals surface area (Å²) in [5, 5.41) is 8.78. The lowest BCUT2D eigenvalue weighted by Crippen LogP contribution is -2.19. The summed E-state index contributed by atoms with van der Waals surface area (Å²) in [6.07, 6.45) is 0. The van der Waals surface area contributed by atoms with Crippen molar-refractivity contribution in [3.05, 3.63) is 51.4 Å². The fourth-order valence-electron chi connectivity index (χ4n) is 2.30. The average Bonchev–Trinajstić information content (AvgIpc) is 2.46. The number of benzene rings is 1. The zero-order valence-corrected chi connectivity index (χ0v) is 14.0. The van der Waals surface area contributed by atoms with Crippen molar-refractivity contribution in [2.24, 2.45) is 0 Å². The molecular weight excluding hydrogens is 294 g/mol. The summed E-state index contributed by atoms with van der Waals surface area (Å²) in [7, 11) is 1.58. The second kappa shape index (κ2) is 6.24. The van der Waals surface area contributed by atoms with Gasteiger partial charge in [0.15, 0.2) is 0 Å². The Kier molecular flexibility index (Phi) is 4.54. The van der Waals surface area contributed by atoms with Crippen molar-refractivity contribution in [3.63, 3.8) is 0 Å². The number of methoxy groups -OCH3 is 1. The molecule has 2 N–H and O–H groups in total. The normalized spacial score (nSPS) is 11.2.